The van der Waals surface area contributed by atoms with Crippen molar-refractivity contribution in [3.8, 4) is 0 Å². The summed E-state index contributed by atoms with van der Waals surface area (Å²) in [5.74, 6) is -0.634. The zero-order chi connectivity index (χ0) is 22.1. The van der Waals surface area contributed by atoms with Gasteiger partial charge in [-0.2, -0.15) is 0 Å². The molecule has 1 fully saturated rings. The van der Waals surface area contributed by atoms with Gasteiger partial charge in [-0.15, -0.1) is 0 Å². The lowest BCUT2D eigenvalue weighted by atomic mass is 9.83. The fourth-order valence-corrected chi connectivity index (χ4v) is 4.69. The Morgan fingerprint density at radius 2 is 1.53 bits per heavy atom. The molecule has 0 aromatic heterocycles. The molecule has 2 aliphatic rings. The molecule has 0 radical (unpaired) electrons. The zero-order valence-electron chi connectivity index (χ0n) is 18.6. The van der Waals surface area contributed by atoms with Gasteiger partial charge in [0.05, 0.1) is 0 Å². The minimum Gasteiger partial charge on any atom is -0.344 e. The minimum atomic E-state index is -0.317. The monoisotopic (exact) mass is 425 g/mol. The summed E-state index contributed by atoms with van der Waals surface area (Å²) in [6, 6.07) is 8.43. The predicted molar refractivity (Wildman–Crippen MR) is 125 cm³/mol. The molecule has 5 nitrogen and oxygen atoms in total. The lowest BCUT2D eigenvalue weighted by Crippen LogP contribution is -2.55. The molecule has 0 saturated carbocycles. The highest BCUT2D eigenvalue weighted by Crippen LogP contribution is 2.47. The van der Waals surface area contributed by atoms with E-state index in [9.17, 15) is 9.59 Å². The number of likely N-dealkylation sites (N-methyl/N-ethyl adjacent to an activating group) is 2. The number of benzene rings is 1. The highest BCUT2D eigenvalue weighted by Gasteiger charge is 2.40. The molecule has 6 heteroatoms. The van der Waals surface area contributed by atoms with Crippen molar-refractivity contribution < 1.29 is 9.59 Å². The number of unbranched alkanes of at least 4 members (excludes halogenated alkanes) is 1. The summed E-state index contributed by atoms with van der Waals surface area (Å²) in [5, 5.41) is 0.290. The van der Waals surface area contributed by atoms with Gasteiger partial charge in [-0.3, -0.25) is 19.4 Å². The van der Waals surface area contributed by atoms with Gasteiger partial charge in [0.25, 0.3) is 11.8 Å². The first-order valence-corrected chi connectivity index (χ1v) is 11.2. The minimum absolute atomic E-state index is 0.169. The van der Waals surface area contributed by atoms with Crippen LogP contribution in [0.1, 0.15) is 53.0 Å². The molecule has 0 atom stereocenters. The van der Waals surface area contributed by atoms with Crippen LogP contribution < -0.4 is 4.90 Å². The Labute approximate surface area is 185 Å². The van der Waals surface area contributed by atoms with Crippen LogP contribution in [0.4, 0.5) is 5.69 Å². The number of rotatable bonds is 6. The third-order valence-electron chi connectivity index (χ3n) is 5.99. The topological polar surface area (TPSA) is 43.9 Å². The second kappa shape index (κ2) is 8.72. The lowest BCUT2D eigenvalue weighted by molar-refractivity contribution is -0.133. The van der Waals surface area contributed by atoms with Crippen molar-refractivity contribution in [2.45, 2.75) is 52.9 Å². The third-order valence-corrected chi connectivity index (χ3v) is 6.43. The summed E-state index contributed by atoms with van der Waals surface area (Å²) in [7, 11) is 0. The van der Waals surface area contributed by atoms with E-state index in [2.05, 4.69) is 49.9 Å². The summed E-state index contributed by atoms with van der Waals surface area (Å²) >= 11 is 5.36. The van der Waals surface area contributed by atoms with E-state index >= 15 is 0 Å². The zero-order valence-corrected chi connectivity index (χ0v) is 19.4. The van der Waals surface area contributed by atoms with Crippen molar-refractivity contribution in [3.63, 3.8) is 0 Å². The summed E-state index contributed by atoms with van der Waals surface area (Å²) in [4.78, 5) is 31.2. The molecule has 1 saturated heterocycles. The standard InChI is InChI=1S/C24H31N3O2S/c1-6-9-16-27-19-13-11-10-12-18(19)24(4,5)20(27)15-14-17-21(28)25(7-2)23(30)26(8-3)22(17)29/h10-15H,6-9,16H2,1-5H3/b20-15+. The van der Waals surface area contributed by atoms with Crippen LogP contribution in [-0.4, -0.2) is 46.4 Å². The Bertz CT molecular complexity index is 904. The first-order valence-electron chi connectivity index (χ1n) is 10.8. The van der Waals surface area contributed by atoms with E-state index in [1.807, 2.05) is 19.9 Å². The van der Waals surface area contributed by atoms with Gasteiger partial charge in [-0.05, 0) is 56.3 Å². The number of carbonyl (C=O) groups is 2. The smallest absolute Gasteiger partial charge is 0.265 e. The van der Waals surface area contributed by atoms with Crippen LogP contribution >= 0.6 is 12.2 Å². The van der Waals surface area contributed by atoms with E-state index < -0.39 is 0 Å². The lowest BCUT2D eigenvalue weighted by Gasteiger charge is -2.35. The normalized spacial score (nSPS) is 19.8. The molecule has 0 N–H and O–H groups in total. The van der Waals surface area contributed by atoms with Gasteiger partial charge in [0.1, 0.15) is 5.57 Å². The highest BCUT2D eigenvalue weighted by molar-refractivity contribution is 7.80. The number of allylic oxidation sites excluding steroid dienone is 3. The van der Waals surface area contributed by atoms with E-state index in [1.54, 1.807) is 6.08 Å². The van der Waals surface area contributed by atoms with Crippen molar-refractivity contribution in [3.05, 3.63) is 53.3 Å². The van der Waals surface area contributed by atoms with Gasteiger partial charge in [0, 0.05) is 36.4 Å². The first-order chi connectivity index (χ1) is 14.3. The van der Waals surface area contributed by atoms with Gasteiger partial charge in [0.15, 0.2) is 5.11 Å². The van der Waals surface area contributed by atoms with Crippen LogP contribution in [0, 0.1) is 0 Å². The Morgan fingerprint density at radius 1 is 0.933 bits per heavy atom. The molecule has 0 bridgehead atoms. The molecule has 0 aliphatic carbocycles. The summed E-state index contributed by atoms with van der Waals surface area (Å²) in [6.07, 6.45) is 5.81. The maximum Gasteiger partial charge on any atom is 0.265 e. The van der Waals surface area contributed by atoms with Crippen molar-refractivity contribution in [1.29, 1.82) is 0 Å². The van der Waals surface area contributed by atoms with Crippen LogP contribution in [0.15, 0.2) is 47.7 Å². The molecule has 3 rings (SSSR count). The summed E-state index contributed by atoms with van der Waals surface area (Å²) in [6.45, 7) is 12.1. The molecule has 30 heavy (non-hydrogen) atoms. The van der Waals surface area contributed by atoms with E-state index in [-0.39, 0.29) is 27.9 Å². The van der Waals surface area contributed by atoms with Crippen molar-refractivity contribution >= 4 is 34.8 Å². The van der Waals surface area contributed by atoms with Gasteiger partial charge >= 0.3 is 0 Å². The Hall–Kier alpha value is -2.47. The van der Waals surface area contributed by atoms with Crippen molar-refractivity contribution in [1.82, 2.24) is 9.80 Å². The van der Waals surface area contributed by atoms with E-state index in [4.69, 9.17) is 12.2 Å². The third kappa shape index (κ3) is 3.58. The molecule has 2 aliphatic heterocycles. The number of hydrogen-bond acceptors (Lipinski definition) is 4. The average molecular weight is 426 g/mol. The van der Waals surface area contributed by atoms with Crippen LogP contribution in [0.5, 0.6) is 0 Å². The second-order valence-electron chi connectivity index (χ2n) is 8.16. The van der Waals surface area contributed by atoms with Gasteiger partial charge in [-0.1, -0.05) is 45.4 Å². The quantitative estimate of drug-likeness (QED) is 0.385. The van der Waals surface area contributed by atoms with Gasteiger partial charge in [-0.25, -0.2) is 0 Å². The average Bonchev–Trinajstić information content (AvgIpc) is 2.93. The molecule has 1 aromatic rings. The Balaban J connectivity index is 2.07. The van der Waals surface area contributed by atoms with E-state index in [0.29, 0.717) is 13.1 Å². The number of amides is 2. The molecule has 2 heterocycles. The second-order valence-corrected chi connectivity index (χ2v) is 8.53. The highest BCUT2D eigenvalue weighted by atomic mass is 32.1. The summed E-state index contributed by atoms with van der Waals surface area (Å²) in [5.41, 5.74) is 3.52. The fraction of sp³-hybridized carbons (Fsp3) is 0.458. The van der Waals surface area contributed by atoms with Crippen LogP contribution in [0.25, 0.3) is 0 Å². The molecule has 160 valence electrons. The van der Waals surface area contributed by atoms with E-state index in [0.717, 1.165) is 25.1 Å². The number of anilines is 1. The predicted octanol–water partition coefficient (Wildman–Crippen LogP) is 4.39. The van der Waals surface area contributed by atoms with Gasteiger partial charge < -0.3 is 4.90 Å². The Kier molecular flexibility index (Phi) is 6.46. The largest absolute Gasteiger partial charge is 0.344 e. The molecule has 0 spiro atoms. The van der Waals surface area contributed by atoms with Crippen molar-refractivity contribution in [2.24, 2.45) is 0 Å². The number of nitrogens with zero attached hydrogens (tertiary/aromatic N) is 3. The maximum absolute atomic E-state index is 13.0. The molecular weight excluding hydrogens is 394 g/mol. The number of fused-ring (bicyclic) bond motifs is 1. The van der Waals surface area contributed by atoms with Crippen LogP contribution in [0.3, 0.4) is 0 Å². The number of para-hydroxylation sites is 1. The molecule has 1 aromatic carbocycles. The summed E-state index contributed by atoms with van der Waals surface area (Å²) < 4.78 is 0. The molecule has 0 unspecified atom stereocenters. The SMILES string of the molecule is CCCCN1/C(=C/C=C2C(=O)N(CC)C(=S)N(CC)C2=O)C(C)(C)c2ccccc21. The van der Waals surface area contributed by atoms with Crippen LogP contribution in [0.2, 0.25) is 0 Å². The number of carbonyl (C=O) groups excluding carboxylic acids is 2. The molecular formula is C24H31N3O2S. The number of hydrogen-bond donors (Lipinski definition) is 0. The molecule has 2 amide bonds. The van der Waals surface area contributed by atoms with Crippen molar-refractivity contribution in [2.75, 3.05) is 24.5 Å². The van der Waals surface area contributed by atoms with Gasteiger partial charge in [0.2, 0.25) is 0 Å². The maximum atomic E-state index is 13.0. The number of thiocarbonyl (C=S) groups is 1. The fourth-order valence-electron chi connectivity index (χ4n) is 4.26. The Morgan fingerprint density at radius 3 is 2.10 bits per heavy atom. The van der Waals surface area contributed by atoms with Crippen LogP contribution in [-0.2, 0) is 15.0 Å². The van der Waals surface area contributed by atoms with E-state index in [1.165, 1.54) is 21.1 Å². The first kappa shape index (κ1) is 22.2.